The van der Waals surface area contributed by atoms with Gasteiger partial charge in [0, 0.05) is 23.2 Å². The molecule has 0 amide bonds. The van der Waals surface area contributed by atoms with Crippen LogP contribution in [-0.2, 0) is 16.4 Å². The van der Waals surface area contributed by atoms with Gasteiger partial charge >= 0.3 is 0 Å². The highest BCUT2D eigenvalue weighted by Crippen LogP contribution is 2.32. The zero-order valence-electron chi connectivity index (χ0n) is 12.7. The van der Waals surface area contributed by atoms with Crippen LogP contribution in [0.5, 0.6) is 0 Å². The molecule has 3 aromatic heterocycles. The fourth-order valence-corrected chi connectivity index (χ4v) is 5.61. The van der Waals surface area contributed by atoms with Crippen LogP contribution < -0.4 is 5.73 Å². The van der Waals surface area contributed by atoms with E-state index in [1.807, 2.05) is 23.6 Å². The number of aromatic nitrogens is 2. The van der Waals surface area contributed by atoms with Gasteiger partial charge in [0.2, 0.25) is 0 Å². The lowest BCUT2D eigenvalue weighted by atomic mass is 10.2. The van der Waals surface area contributed by atoms with Gasteiger partial charge in [0.1, 0.15) is 9.73 Å². The largest absolute Gasteiger partial charge is 0.330 e. The van der Waals surface area contributed by atoms with Gasteiger partial charge in [-0.2, -0.15) is 0 Å². The van der Waals surface area contributed by atoms with Crippen molar-refractivity contribution in [1.82, 2.24) is 8.96 Å². The monoisotopic (exact) mass is 357 g/mol. The first-order valence-corrected chi connectivity index (χ1v) is 9.82. The molecule has 1 aromatic carbocycles. The molecule has 2 N–H and O–H groups in total. The lowest BCUT2D eigenvalue weighted by molar-refractivity contribution is 0.590. The Bertz CT molecular complexity index is 1140. The van der Waals surface area contributed by atoms with Crippen molar-refractivity contribution in [2.24, 2.45) is 5.73 Å². The number of para-hydroxylation sites is 1. The fraction of sp³-hybridized carbons (Fsp3) is 0.118. The van der Waals surface area contributed by atoms with E-state index in [9.17, 15) is 8.42 Å². The van der Waals surface area contributed by atoms with Crippen LogP contribution in [0.4, 0.5) is 0 Å². The number of rotatable bonds is 4. The first-order chi connectivity index (χ1) is 11.6. The summed E-state index contributed by atoms with van der Waals surface area (Å²) < 4.78 is 27.9. The van der Waals surface area contributed by atoms with Crippen molar-refractivity contribution < 1.29 is 8.42 Å². The Morgan fingerprint density at radius 3 is 2.83 bits per heavy atom. The Kier molecular flexibility index (Phi) is 3.64. The van der Waals surface area contributed by atoms with E-state index in [4.69, 9.17) is 5.73 Å². The summed E-state index contributed by atoms with van der Waals surface area (Å²) >= 11 is 1.41. The predicted octanol–water partition coefficient (Wildman–Crippen LogP) is 2.99. The first-order valence-electron chi connectivity index (χ1n) is 7.50. The van der Waals surface area contributed by atoms with Gasteiger partial charge in [-0.1, -0.05) is 18.2 Å². The molecule has 0 saturated carbocycles. The minimum Gasteiger partial charge on any atom is -0.330 e. The van der Waals surface area contributed by atoms with Gasteiger partial charge in [0.15, 0.2) is 0 Å². The minimum absolute atomic E-state index is 0.213. The Balaban J connectivity index is 2.00. The minimum atomic E-state index is -3.74. The zero-order chi connectivity index (χ0) is 16.7. The maximum absolute atomic E-state index is 13.3. The van der Waals surface area contributed by atoms with Crippen LogP contribution in [0.1, 0.15) is 5.56 Å². The second kappa shape index (κ2) is 5.70. The third kappa shape index (κ3) is 2.24. The van der Waals surface area contributed by atoms with Gasteiger partial charge in [0.05, 0.1) is 5.52 Å². The molecule has 0 bridgehead atoms. The average molecular weight is 357 g/mol. The van der Waals surface area contributed by atoms with Gasteiger partial charge < -0.3 is 5.73 Å². The van der Waals surface area contributed by atoms with Gasteiger partial charge in [-0.3, -0.25) is 4.98 Å². The molecule has 0 saturated heterocycles. The maximum Gasteiger partial charge on any atom is 0.270 e. The molecule has 0 aliphatic carbocycles. The van der Waals surface area contributed by atoms with Crippen molar-refractivity contribution in [2.45, 2.75) is 11.3 Å². The van der Waals surface area contributed by atoms with E-state index in [0.29, 0.717) is 23.3 Å². The smallest absolute Gasteiger partial charge is 0.270 e. The normalized spacial score (nSPS) is 12.2. The molecule has 0 aliphatic heterocycles. The second-order valence-electron chi connectivity index (χ2n) is 5.46. The second-order valence-corrected chi connectivity index (χ2v) is 8.14. The van der Waals surface area contributed by atoms with Crippen molar-refractivity contribution in [3.63, 3.8) is 0 Å². The summed E-state index contributed by atoms with van der Waals surface area (Å²) in [5.41, 5.74) is 7.09. The molecule has 7 heteroatoms. The standard InChI is InChI=1S/C17H15N3O2S2/c18-8-6-13-11-20(17-14(13)7-10-23-17)24(21,22)15-5-1-3-12-4-2-9-19-16(12)15/h1-5,7,9-11H,6,8,18H2. The molecule has 3 heterocycles. The molecule has 4 aromatic rings. The number of hydrogen-bond acceptors (Lipinski definition) is 5. The molecule has 0 radical (unpaired) electrons. The number of hydrogen-bond donors (Lipinski definition) is 1. The quantitative estimate of drug-likeness (QED) is 0.609. The molecule has 0 fully saturated rings. The van der Waals surface area contributed by atoms with Crippen molar-refractivity contribution in [1.29, 1.82) is 0 Å². The number of benzene rings is 1. The van der Waals surface area contributed by atoms with E-state index in [-0.39, 0.29) is 4.90 Å². The van der Waals surface area contributed by atoms with Gasteiger partial charge in [-0.05, 0) is 42.1 Å². The summed E-state index contributed by atoms with van der Waals surface area (Å²) in [6, 6.07) is 10.8. The van der Waals surface area contributed by atoms with Gasteiger partial charge in [-0.15, -0.1) is 11.3 Å². The molecule has 0 aliphatic rings. The van der Waals surface area contributed by atoms with Crippen LogP contribution in [0.25, 0.3) is 21.1 Å². The molecule has 0 unspecified atom stereocenters. The van der Waals surface area contributed by atoms with Crippen molar-refractivity contribution in [2.75, 3.05) is 6.54 Å². The lowest BCUT2D eigenvalue weighted by Crippen LogP contribution is -2.12. The summed E-state index contributed by atoms with van der Waals surface area (Å²) in [7, 11) is -3.74. The first kappa shape index (κ1) is 15.3. The fourth-order valence-electron chi connectivity index (χ4n) is 2.91. The summed E-state index contributed by atoms with van der Waals surface area (Å²) in [6.45, 7) is 0.477. The maximum atomic E-state index is 13.3. The number of pyridine rings is 1. The summed E-state index contributed by atoms with van der Waals surface area (Å²) in [6.07, 6.45) is 3.94. The van der Waals surface area contributed by atoms with Crippen molar-refractivity contribution in [3.8, 4) is 0 Å². The van der Waals surface area contributed by atoms with Crippen LogP contribution in [0.15, 0.2) is 59.1 Å². The van der Waals surface area contributed by atoms with Crippen LogP contribution in [0.2, 0.25) is 0 Å². The van der Waals surface area contributed by atoms with Crippen LogP contribution in [0.3, 0.4) is 0 Å². The average Bonchev–Trinajstić information content (AvgIpc) is 3.18. The van der Waals surface area contributed by atoms with E-state index in [1.165, 1.54) is 15.3 Å². The molecule has 4 rings (SSSR count). The molecular formula is C17H15N3O2S2. The highest BCUT2D eigenvalue weighted by molar-refractivity contribution is 7.90. The lowest BCUT2D eigenvalue weighted by Gasteiger charge is -2.09. The van der Waals surface area contributed by atoms with Crippen LogP contribution in [0, 0.1) is 0 Å². The Hall–Kier alpha value is -2.22. The van der Waals surface area contributed by atoms with Crippen molar-refractivity contribution in [3.05, 3.63) is 59.7 Å². The number of nitrogens with two attached hydrogens (primary N) is 1. The van der Waals surface area contributed by atoms with E-state index in [0.717, 1.165) is 16.3 Å². The summed E-state index contributed by atoms with van der Waals surface area (Å²) in [5, 5.41) is 3.65. The number of nitrogens with zero attached hydrogens (tertiary/aromatic N) is 2. The molecule has 0 atom stereocenters. The molecule has 122 valence electrons. The summed E-state index contributed by atoms with van der Waals surface area (Å²) in [4.78, 5) is 5.20. The number of fused-ring (bicyclic) bond motifs is 2. The Labute approximate surface area is 143 Å². The highest BCUT2D eigenvalue weighted by Gasteiger charge is 2.24. The van der Waals surface area contributed by atoms with Gasteiger partial charge in [0.25, 0.3) is 10.0 Å². The Morgan fingerprint density at radius 1 is 1.17 bits per heavy atom. The van der Waals surface area contributed by atoms with Crippen molar-refractivity contribution >= 4 is 42.5 Å². The Morgan fingerprint density at radius 2 is 2.00 bits per heavy atom. The summed E-state index contributed by atoms with van der Waals surface area (Å²) in [5.74, 6) is 0. The van der Waals surface area contributed by atoms with Crippen LogP contribution >= 0.6 is 11.3 Å². The SMILES string of the molecule is NCCc1cn(S(=O)(=O)c2cccc3cccnc23)c2sccc12. The molecular weight excluding hydrogens is 342 g/mol. The molecule has 24 heavy (non-hydrogen) atoms. The zero-order valence-corrected chi connectivity index (χ0v) is 14.3. The predicted molar refractivity (Wildman–Crippen MR) is 96.9 cm³/mol. The van der Waals surface area contributed by atoms with E-state index in [2.05, 4.69) is 4.98 Å². The highest BCUT2D eigenvalue weighted by atomic mass is 32.2. The molecule has 5 nitrogen and oxygen atoms in total. The van der Waals surface area contributed by atoms with E-state index < -0.39 is 10.0 Å². The number of thiophene rings is 1. The molecule has 0 spiro atoms. The van der Waals surface area contributed by atoms with E-state index in [1.54, 1.807) is 30.6 Å². The third-order valence-corrected chi connectivity index (χ3v) is 6.73. The van der Waals surface area contributed by atoms with E-state index >= 15 is 0 Å². The van der Waals surface area contributed by atoms with Gasteiger partial charge in [-0.25, -0.2) is 12.4 Å². The topological polar surface area (TPSA) is 78.0 Å². The van der Waals surface area contributed by atoms with Crippen LogP contribution in [-0.4, -0.2) is 23.9 Å². The third-order valence-electron chi connectivity index (χ3n) is 4.01.